The average molecular weight is 564 g/mol. The molecule has 2 aliphatic heterocycles. The second kappa shape index (κ2) is 12.3. The molecule has 0 aromatic carbocycles. The first-order valence-corrected chi connectivity index (χ1v) is 14.8. The Morgan fingerprint density at radius 3 is 2.62 bits per heavy atom. The van der Waals surface area contributed by atoms with E-state index in [1.165, 1.54) is 0 Å². The normalized spacial score (nSPS) is 32.2. The molecular weight excluding hydrogens is 517 g/mol. The van der Waals surface area contributed by atoms with Gasteiger partial charge in [-0.2, -0.15) is 0 Å². The smallest absolute Gasteiger partial charge is 0.404 e. The van der Waals surface area contributed by atoms with Crippen LogP contribution in [-0.4, -0.2) is 67.2 Å². The van der Waals surface area contributed by atoms with Gasteiger partial charge in [-0.15, -0.1) is 0 Å². The maximum atomic E-state index is 13.7. The number of hydrogen-bond donors (Lipinski definition) is 3. The number of nitrogens with one attached hydrogen (secondary N) is 2. The number of carbonyl (C=O) groups is 2. The minimum Gasteiger partial charge on any atom is -0.404 e. The zero-order valence-electron chi connectivity index (χ0n) is 24.5. The van der Waals surface area contributed by atoms with Crippen molar-refractivity contribution in [1.82, 2.24) is 10.7 Å². The molecule has 3 aliphatic carbocycles. The molecule has 4 N–H and O–H groups in total. The summed E-state index contributed by atoms with van der Waals surface area (Å²) < 4.78 is 18.6. The van der Waals surface area contributed by atoms with Gasteiger partial charge in [-0.05, 0) is 68.6 Å². The van der Waals surface area contributed by atoms with E-state index in [0.29, 0.717) is 56.7 Å². The predicted molar refractivity (Wildman–Crippen MR) is 149 cm³/mol. The summed E-state index contributed by atoms with van der Waals surface area (Å²) in [5.74, 6) is -0.272. The highest BCUT2D eigenvalue weighted by molar-refractivity contribution is 6.47. The molecule has 0 aromatic heterocycles. The number of aliphatic imine (C=N–C) groups is 1. The summed E-state index contributed by atoms with van der Waals surface area (Å²) in [5, 5.41) is 13.0. The summed E-state index contributed by atoms with van der Waals surface area (Å²) in [6.45, 7) is 12.1. The fourth-order valence-corrected chi connectivity index (χ4v) is 7.31. The fraction of sp³-hybridized carbons (Fsp3) is 0.889. The monoisotopic (exact) mass is 563 g/mol. The zero-order chi connectivity index (χ0) is 29.2. The lowest BCUT2D eigenvalue weighted by Gasteiger charge is -2.64. The van der Waals surface area contributed by atoms with Crippen molar-refractivity contribution in [3.05, 3.63) is 10.1 Å². The third-order valence-electron chi connectivity index (χ3n) is 9.75. The molecule has 5 rings (SSSR count). The topological polar surface area (TPSA) is 167 Å². The van der Waals surface area contributed by atoms with Gasteiger partial charge in [0.15, 0.2) is 5.03 Å². The summed E-state index contributed by atoms with van der Waals surface area (Å²) in [5.41, 5.74) is 7.16. The molecule has 0 aromatic rings. The van der Waals surface area contributed by atoms with Crippen molar-refractivity contribution in [1.29, 1.82) is 0 Å². The highest BCUT2D eigenvalue weighted by atomic mass is 16.7. The lowest BCUT2D eigenvalue weighted by Crippen LogP contribution is -2.65. The van der Waals surface area contributed by atoms with Gasteiger partial charge in [-0.25, -0.2) is 15.1 Å². The molecule has 5 aliphatic rings. The number of nitrogens with zero attached hydrogens (tertiary/aromatic N) is 2. The van der Waals surface area contributed by atoms with E-state index in [0.717, 1.165) is 12.8 Å². The molecule has 2 bridgehead atoms. The van der Waals surface area contributed by atoms with E-state index in [2.05, 4.69) is 44.9 Å². The molecule has 40 heavy (non-hydrogen) atoms. The van der Waals surface area contributed by atoms with Crippen LogP contribution in [0.15, 0.2) is 4.99 Å². The van der Waals surface area contributed by atoms with Gasteiger partial charge in [0, 0.05) is 31.4 Å². The highest BCUT2D eigenvalue weighted by Gasteiger charge is 2.68. The third kappa shape index (κ3) is 6.62. The van der Waals surface area contributed by atoms with Gasteiger partial charge in [0.1, 0.15) is 5.78 Å². The second-order valence-corrected chi connectivity index (χ2v) is 13.3. The van der Waals surface area contributed by atoms with E-state index in [4.69, 9.17) is 19.8 Å². The Hall–Kier alpha value is -2.25. The SMILES string of the molecule is CC(C)C[C@H](NC(=O)[C@H](CCCN=C(N)N[N+](=O)[O-])CC(=O)C1CCOC1)B1O[C@@H]2C[C@@H]3C[C@@H](C3(C)C)[C@]2(C)O1. The molecule has 2 saturated heterocycles. The summed E-state index contributed by atoms with van der Waals surface area (Å²) in [6.07, 6.45) is 4.41. The standard InChI is InChI=1S/C27H46BN5O7/c1-16(2)11-23(28-39-22-14-19-13-21(26(19,3)4)27(22,5)40-28)31-24(35)17(12-20(34)18-8-10-38-15-18)7-6-9-30-25(29)32-33(36)37/h16-19,21-23H,6-15H2,1-5H3,(H,31,35)(H3,29,30,32)/t17-,18?,19+,21+,22-,23+,27+/m1/s1. The van der Waals surface area contributed by atoms with Crippen molar-refractivity contribution in [3.63, 3.8) is 0 Å². The van der Waals surface area contributed by atoms with Crippen LogP contribution in [0.1, 0.15) is 79.6 Å². The predicted octanol–water partition coefficient (Wildman–Crippen LogP) is 2.27. The lowest BCUT2D eigenvalue weighted by atomic mass is 9.43. The first-order valence-electron chi connectivity index (χ1n) is 14.8. The van der Waals surface area contributed by atoms with Gasteiger partial charge in [0.2, 0.25) is 5.91 Å². The largest absolute Gasteiger partial charge is 0.481 e. The maximum Gasteiger partial charge on any atom is 0.481 e. The highest BCUT2D eigenvalue weighted by Crippen LogP contribution is 2.65. The van der Waals surface area contributed by atoms with Crippen LogP contribution in [0.4, 0.5) is 0 Å². The van der Waals surface area contributed by atoms with Crippen molar-refractivity contribution >= 4 is 24.8 Å². The van der Waals surface area contributed by atoms with Gasteiger partial charge in [-0.3, -0.25) is 9.59 Å². The van der Waals surface area contributed by atoms with Gasteiger partial charge in [0.25, 0.3) is 5.96 Å². The fourth-order valence-electron chi connectivity index (χ4n) is 7.31. The quantitative estimate of drug-likeness (QED) is 0.0760. The van der Waals surface area contributed by atoms with Crippen LogP contribution >= 0.6 is 0 Å². The van der Waals surface area contributed by atoms with Crippen LogP contribution in [0.25, 0.3) is 0 Å². The Kier molecular flexibility index (Phi) is 9.46. The van der Waals surface area contributed by atoms with Crippen molar-refractivity contribution in [2.45, 2.75) is 97.2 Å². The molecule has 12 nitrogen and oxygen atoms in total. The number of amides is 1. The summed E-state index contributed by atoms with van der Waals surface area (Å²) in [4.78, 5) is 41.2. The van der Waals surface area contributed by atoms with Crippen LogP contribution in [0.2, 0.25) is 0 Å². The summed E-state index contributed by atoms with van der Waals surface area (Å²) >= 11 is 0. The molecule has 1 unspecified atom stereocenters. The molecule has 3 saturated carbocycles. The van der Waals surface area contributed by atoms with Crippen molar-refractivity contribution in [2.75, 3.05) is 19.8 Å². The van der Waals surface area contributed by atoms with Crippen LogP contribution < -0.4 is 16.5 Å². The second-order valence-electron chi connectivity index (χ2n) is 13.3. The number of rotatable bonds is 13. The average Bonchev–Trinajstić information content (AvgIpc) is 3.52. The number of guanidine groups is 1. The number of carbonyl (C=O) groups excluding carboxylic acids is 2. The number of ether oxygens (including phenoxy) is 1. The number of hydrogen-bond acceptors (Lipinski definition) is 8. The van der Waals surface area contributed by atoms with E-state index in [9.17, 15) is 19.7 Å². The molecule has 224 valence electrons. The number of nitrogens with two attached hydrogens (primary N) is 1. The van der Waals surface area contributed by atoms with E-state index in [-0.39, 0.29) is 59.6 Å². The lowest BCUT2D eigenvalue weighted by molar-refractivity contribution is -0.525. The Morgan fingerprint density at radius 2 is 2.00 bits per heavy atom. The molecular formula is C27H46BN5O7. The molecule has 0 spiro atoms. The number of hydrazine groups is 1. The van der Waals surface area contributed by atoms with Crippen LogP contribution in [0.3, 0.4) is 0 Å². The van der Waals surface area contributed by atoms with Crippen LogP contribution in [0.5, 0.6) is 0 Å². The van der Waals surface area contributed by atoms with Crippen molar-refractivity contribution in [3.8, 4) is 0 Å². The van der Waals surface area contributed by atoms with Crippen LogP contribution in [-0.2, 0) is 23.6 Å². The molecule has 1 amide bonds. The molecule has 2 heterocycles. The first kappa shape index (κ1) is 30.7. The minimum atomic E-state index is -0.777. The van der Waals surface area contributed by atoms with Gasteiger partial charge >= 0.3 is 7.12 Å². The zero-order valence-corrected chi connectivity index (χ0v) is 24.5. The third-order valence-corrected chi connectivity index (χ3v) is 9.75. The Bertz CT molecular complexity index is 988. The van der Waals surface area contributed by atoms with Crippen molar-refractivity contribution < 1.29 is 28.7 Å². The van der Waals surface area contributed by atoms with E-state index >= 15 is 0 Å². The Balaban J connectivity index is 1.43. The Labute approximate surface area is 237 Å². The van der Waals surface area contributed by atoms with E-state index in [1.807, 2.05) is 5.43 Å². The van der Waals surface area contributed by atoms with Crippen LogP contribution in [0, 0.1) is 45.1 Å². The number of Topliss-reactive ketones (excluding diaryl/α,β-unsaturated/α-hetero) is 1. The maximum absolute atomic E-state index is 13.7. The molecule has 13 heteroatoms. The van der Waals surface area contributed by atoms with Gasteiger partial charge in [-0.1, -0.05) is 33.1 Å². The number of ketones is 1. The molecule has 7 atom stereocenters. The summed E-state index contributed by atoms with van der Waals surface area (Å²) in [6, 6.07) is 0. The summed E-state index contributed by atoms with van der Waals surface area (Å²) in [7, 11) is -0.548. The van der Waals surface area contributed by atoms with Crippen molar-refractivity contribution in [2.24, 2.45) is 45.7 Å². The van der Waals surface area contributed by atoms with Gasteiger partial charge in [0.05, 0.1) is 24.3 Å². The molecule has 5 fully saturated rings. The first-order chi connectivity index (χ1) is 18.8. The van der Waals surface area contributed by atoms with E-state index < -0.39 is 18.1 Å². The molecule has 0 radical (unpaired) electrons. The number of nitro groups is 1. The minimum absolute atomic E-state index is 0.0108. The van der Waals surface area contributed by atoms with Gasteiger partial charge < -0.3 is 25.1 Å². The van der Waals surface area contributed by atoms with E-state index in [1.54, 1.807) is 0 Å². The Morgan fingerprint density at radius 1 is 1.25 bits per heavy atom.